The van der Waals surface area contributed by atoms with Crippen LogP contribution in [0.5, 0.6) is 0 Å². The Balaban J connectivity index is 3.43. The summed E-state index contributed by atoms with van der Waals surface area (Å²) in [6.07, 6.45) is 5.89. The van der Waals surface area contributed by atoms with Gasteiger partial charge in [-0.2, -0.15) is 0 Å². The van der Waals surface area contributed by atoms with Gasteiger partial charge in [0, 0.05) is 12.8 Å². The Morgan fingerprint density at radius 1 is 0.839 bits per heavy atom. The molecule has 0 saturated heterocycles. The van der Waals surface area contributed by atoms with E-state index in [9.17, 15) is 0 Å². The quantitative estimate of drug-likeness (QED) is 0.285. The van der Waals surface area contributed by atoms with E-state index in [1.165, 1.54) is 63.8 Å². The van der Waals surface area contributed by atoms with Crippen LogP contribution in [0.25, 0.3) is 0 Å². The Hall–Kier alpha value is -1.63. The van der Waals surface area contributed by atoms with Crippen LogP contribution in [0.3, 0.4) is 0 Å². The lowest BCUT2D eigenvalue weighted by Gasteiger charge is -2.36. The van der Waals surface area contributed by atoms with E-state index in [1.807, 2.05) is 6.21 Å². The summed E-state index contributed by atoms with van der Waals surface area (Å²) < 4.78 is 0. The first-order chi connectivity index (χ1) is 14.2. The average molecular weight is 424 g/mol. The Labute approximate surface area is 194 Å². The summed E-state index contributed by atoms with van der Waals surface area (Å²) in [7, 11) is 0. The zero-order chi connectivity index (χ0) is 24.1. The molecule has 1 nitrogen and oxygen atoms in total. The van der Waals surface area contributed by atoms with Crippen LogP contribution in [0.4, 0.5) is 0 Å². The molecule has 1 heteroatoms. The summed E-state index contributed by atoms with van der Waals surface area (Å²) >= 11 is 0. The summed E-state index contributed by atoms with van der Waals surface area (Å²) in [5.41, 5.74) is 14.5. The van der Waals surface area contributed by atoms with Gasteiger partial charge in [-0.3, -0.25) is 4.99 Å². The molecule has 0 amide bonds. The van der Waals surface area contributed by atoms with Gasteiger partial charge < -0.3 is 0 Å². The van der Waals surface area contributed by atoms with E-state index < -0.39 is 0 Å². The highest BCUT2D eigenvalue weighted by Crippen LogP contribution is 2.45. The van der Waals surface area contributed by atoms with Crippen LogP contribution in [0.2, 0.25) is 0 Å². The number of allylic oxidation sites excluding steroid dienone is 10. The van der Waals surface area contributed by atoms with Crippen molar-refractivity contribution in [3.63, 3.8) is 0 Å². The van der Waals surface area contributed by atoms with Gasteiger partial charge in [-0.05, 0) is 143 Å². The first kappa shape index (κ1) is 27.4. The van der Waals surface area contributed by atoms with Gasteiger partial charge in [0.05, 0.1) is 0 Å². The maximum absolute atomic E-state index is 4.61. The molecule has 0 unspecified atom stereocenters. The highest BCUT2D eigenvalue weighted by atomic mass is 14.7. The third kappa shape index (κ3) is 6.93. The number of nitrogens with zero attached hydrogens (tertiary/aromatic N) is 1. The minimum Gasteiger partial charge on any atom is -0.293 e. The molecule has 0 fully saturated rings. The van der Waals surface area contributed by atoms with Crippen LogP contribution in [0.1, 0.15) is 109 Å². The van der Waals surface area contributed by atoms with Gasteiger partial charge in [-0.25, -0.2) is 0 Å². The van der Waals surface area contributed by atoms with Gasteiger partial charge in [0.1, 0.15) is 0 Å². The van der Waals surface area contributed by atoms with Gasteiger partial charge in [0.15, 0.2) is 0 Å². The number of aliphatic imine (C=N–C) groups is 1. The van der Waals surface area contributed by atoms with E-state index in [1.54, 1.807) is 11.1 Å². The molecule has 0 saturated carbocycles. The molecule has 31 heavy (non-hydrogen) atoms. The van der Waals surface area contributed by atoms with E-state index in [4.69, 9.17) is 0 Å². The van der Waals surface area contributed by atoms with Crippen molar-refractivity contribution in [2.75, 3.05) is 6.54 Å². The zero-order valence-corrected chi connectivity index (χ0v) is 22.9. The lowest BCUT2D eigenvalue weighted by atomic mass is 9.69. The van der Waals surface area contributed by atoms with Crippen molar-refractivity contribution in [1.82, 2.24) is 0 Å². The topological polar surface area (TPSA) is 12.4 Å². The molecule has 0 aliphatic heterocycles. The fourth-order valence-corrected chi connectivity index (χ4v) is 4.84. The fourth-order valence-electron chi connectivity index (χ4n) is 4.84. The third-order valence-corrected chi connectivity index (χ3v) is 7.55. The van der Waals surface area contributed by atoms with Crippen molar-refractivity contribution >= 4 is 6.21 Å². The summed E-state index contributed by atoms with van der Waals surface area (Å²) in [4.78, 5) is 4.61. The summed E-state index contributed by atoms with van der Waals surface area (Å²) in [5.74, 6) is 0.599. The largest absolute Gasteiger partial charge is 0.293 e. The lowest BCUT2D eigenvalue weighted by molar-refractivity contribution is 0.372. The number of hydrogen-bond donors (Lipinski definition) is 0. The molecule has 0 atom stereocenters. The predicted molar refractivity (Wildman–Crippen MR) is 142 cm³/mol. The van der Waals surface area contributed by atoms with Crippen molar-refractivity contribution in [2.45, 2.75) is 109 Å². The molecular weight excluding hydrogens is 374 g/mol. The van der Waals surface area contributed by atoms with Crippen LogP contribution in [-0.2, 0) is 0 Å². The Bertz CT molecular complexity index is 860. The molecule has 0 heterocycles. The van der Waals surface area contributed by atoms with E-state index in [2.05, 4.69) is 95.0 Å². The third-order valence-electron chi connectivity index (χ3n) is 7.55. The van der Waals surface area contributed by atoms with Crippen molar-refractivity contribution in [1.29, 1.82) is 0 Å². The molecule has 1 aliphatic rings. The minimum absolute atomic E-state index is 0.272. The second-order valence-electron chi connectivity index (χ2n) is 10.8. The van der Waals surface area contributed by atoms with Gasteiger partial charge in [0.25, 0.3) is 0 Å². The normalized spacial score (nSPS) is 20.6. The molecule has 0 aromatic heterocycles. The van der Waals surface area contributed by atoms with Crippen molar-refractivity contribution in [3.8, 4) is 0 Å². The summed E-state index contributed by atoms with van der Waals surface area (Å²) in [5, 5.41) is 0. The molecule has 174 valence electrons. The molecule has 0 N–H and O–H groups in total. The molecule has 0 aromatic carbocycles. The smallest absolute Gasteiger partial charge is 0.0412 e. The summed E-state index contributed by atoms with van der Waals surface area (Å²) in [6.45, 7) is 30.6. The van der Waals surface area contributed by atoms with Crippen LogP contribution in [-0.4, -0.2) is 12.8 Å². The van der Waals surface area contributed by atoms with Gasteiger partial charge in [-0.1, -0.05) is 33.3 Å². The first-order valence-corrected chi connectivity index (χ1v) is 12.1. The fraction of sp³-hybridized carbons (Fsp3) is 0.633. The van der Waals surface area contributed by atoms with Gasteiger partial charge in [-0.15, -0.1) is 0 Å². The minimum atomic E-state index is 0.272. The van der Waals surface area contributed by atoms with Crippen LogP contribution in [0, 0.1) is 11.3 Å². The second-order valence-corrected chi connectivity index (χ2v) is 10.8. The summed E-state index contributed by atoms with van der Waals surface area (Å²) in [6, 6.07) is 0. The maximum Gasteiger partial charge on any atom is 0.0412 e. The number of hydrogen-bond acceptors (Lipinski definition) is 1. The number of rotatable bonds is 7. The van der Waals surface area contributed by atoms with Crippen molar-refractivity contribution < 1.29 is 0 Å². The Kier molecular flexibility index (Phi) is 9.99. The van der Waals surface area contributed by atoms with Crippen LogP contribution in [0.15, 0.2) is 60.7 Å². The standard InChI is InChI=1S/C30H49N/c1-19(2)17-31-18-21(4)22(5)23(6)24(7)25(8)26(9)27(10)28(11)29-20(3)15-14-16-30(29,12)13/h18-19H,14-17H2,1-13H3/b22-21+,24-23+,26-25+,28-27+,31-18+. The molecule has 1 rings (SSSR count). The van der Waals surface area contributed by atoms with Gasteiger partial charge in [0.2, 0.25) is 0 Å². The van der Waals surface area contributed by atoms with E-state index in [-0.39, 0.29) is 5.41 Å². The highest BCUT2D eigenvalue weighted by Gasteiger charge is 2.30. The average Bonchev–Trinajstić information content (AvgIpc) is 2.69. The molecule has 0 spiro atoms. The van der Waals surface area contributed by atoms with Crippen molar-refractivity contribution in [3.05, 3.63) is 55.7 Å². The Morgan fingerprint density at radius 3 is 1.81 bits per heavy atom. The maximum atomic E-state index is 4.61. The van der Waals surface area contributed by atoms with E-state index >= 15 is 0 Å². The molecule has 1 aliphatic carbocycles. The van der Waals surface area contributed by atoms with Gasteiger partial charge >= 0.3 is 0 Å². The molecule has 0 aromatic rings. The Morgan fingerprint density at radius 2 is 1.32 bits per heavy atom. The van der Waals surface area contributed by atoms with Crippen LogP contribution >= 0.6 is 0 Å². The second kappa shape index (κ2) is 11.3. The molecule has 0 bridgehead atoms. The SMILES string of the molecule is CC1=C(/C(C)=C(C)/C(C)=C(C)/C(C)=C(C)/C(C)=C(C)/C=N/CC(C)C)C(C)(C)CCC1. The molecule has 0 radical (unpaired) electrons. The lowest BCUT2D eigenvalue weighted by Crippen LogP contribution is -2.21. The van der Waals surface area contributed by atoms with Crippen molar-refractivity contribution in [2.24, 2.45) is 16.3 Å². The first-order valence-electron chi connectivity index (χ1n) is 12.1. The monoisotopic (exact) mass is 423 g/mol. The predicted octanol–water partition coefficient (Wildman–Crippen LogP) is 9.59. The van der Waals surface area contributed by atoms with Crippen LogP contribution < -0.4 is 0 Å². The van der Waals surface area contributed by atoms with E-state index in [0.717, 1.165) is 6.54 Å². The zero-order valence-electron chi connectivity index (χ0n) is 22.9. The molecular formula is C30H49N. The van der Waals surface area contributed by atoms with E-state index in [0.29, 0.717) is 5.92 Å². The highest BCUT2D eigenvalue weighted by molar-refractivity contribution is 5.80.